The molecule has 82 valence electrons. The van der Waals surface area contributed by atoms with Crippen LogP contribution in [0.5, 0.6) is 0 Å². The SMILES string of the molecule is Nc1ccc(CCc2ccccc2)cc1F. The van der Waals surface area contributed by atoms with Crippen LogP contribution in [0, 0.1) is 5.82 Å². The number of benzene rings is 2. The highest BCUT2D eigenvalue weighted by atomic mass is 19.1. The summed E-state index contributed by atoms with van der Waals surface area (Å²) in [6, 6.07) is 15.2. The molecule has 1 nitrogen and oxygen atoms in total. The van der Waals surface area contributed by atoms with Crippen LogP contribution in [-0.2, 0) is 12.8 Å². The van der Waals surface area contributed by atoms with Gasteiger partial charge in [-0.25, -0.2) is 4.39 Å². The van der Waals surface area contributed by atoms with E-state index in [-0.39, 0.29) is 11.5 Å². The lowest BCUT2D eigenvalue weighted by Crippen LogP contribution is -1.95. The minimum Gasteiger partial charge on any atom is -0.396 e. The second-order valence-corrected chi connectivity index (χ2v) is 3.84. The predicted octanol–water partition coefficient (Wildman–Crippen LogP) is 3.19. The van der Waals surface area contributed by atoms with Crippen LogP contribution >= 0.6 is 0 Å². The summed E-state index contributed by atoms with van der Waals surface area (Å²) in [7, 11) is 0. The number of hydrogen-bond donors (Lipinski definition) is 1. The van der Waals surface area contributed by atoms with E-state index >= 15 is 0 Å². The molecular weight excluding hydrogens is 201 g/mol. The molecular formula is C14H14FN. The Labute approximate surface area is 94.7 Å². The molecule has 0 spiro atoms. The van der Waals surface area contributed by atoms with Crippen LogP contribution in [0.3, 0.4) is 0 Å². The molecule has 2 N–H and O–H groups in total. The summed E-state index contributed by atoms with van der Waals surface area (Å²) in [5, 5.41) is 0. The third-order valence-corrected chi connectivity index (χ3v) is 2.61. The lowest BCUT2D eigenvalue weighted by Gasteiger charge is -2.03. The molecule has 2 aromatic rings. The molecule has 0 radical (unpaired) electrons. The molecule has 0 atom stereocenters. The fourth-order valence-corrected chi connectivity index (χ4v) is 1.66. The topological polar surface area (TPSA) is 26.0 Å². The normalized spacial score (nSPS) is 10.3. The van der Waals surface area contributed by atoms with E-state index in [4.69, 9.17) is 5.73 Å². The van der Waals surface area contributed by atoms with Gasteiger partial charge in [0.15, 0.2) is 0 Å². The molecule has 2 rings (SSSR count). The molecule has 16 heavy (non-hydrogen) atoms. The van der Waals surface area contributed by atoms with E-state index in [9.17, 15) is 4.39 Å². The number of nitrogens with two attached hydrogens (primary N) is 1. The first-order valence-corrected chi connectivity index (χ1v) is 5.33. The van der Waals surface area contributed by atoms with Gasteiger partial charge in [0.25, 0.3) is 0 Å². The zero-order valence-electron chi connectivity index (χ0n) is 8.99. The Kier molecular flexibility index (Phi) is 3.20. The smallest absolute Gasteiger partial charge is 0.146 e. The first kappa shape index (κ1) is 10.7. The van der Waals surface area contributed by atoms with Gasteiger partial charge in [0.1, 0.15) is 5.82 Å². The van der Waals surface area contributed by atoms with Crippen LogP contribution in [-0.4, -0.2) is 0 Å². The van der Waals surface area contributed by atoms with E-state index in [2.05, 4.69) is 12.1 Å². The first-order chi connectivity index (χ1) is 7.75. The van der Waals surface area contributed by atoms with Crippen molar-refractivity contribution in [3.63, 3.8) is 0 Å². The van der Waals surface area contributed by atoms with E-state index in [1.807, 2.05) is 24.3 Å². The number of hydrogen-bond acceptors (Lipinski definition) is 1. The van der Waals surface area contributed by atoms with Crippen molar-refractivity contribution in [2.75, 3.05) is 5.73 Å². The van der Waals surface area contributed by atoms with Crippen LogP contribution in [0.2, 0.25) is 0 Å². The molecule has 2 aromatic carbocycles. The van der Waals surface area contributed by atoms with Crippen molar-refractivity contribution in [1.82, 2.24) is 0 Å². The highest BCUT2D eigenvalue weighted by molar-refractivity contribution is 5.41. The average molecular weight is 215 g/mol. The van der Waals surface area contributed by atoms with Crippen LogP contribution in [0.4, 0.5) is 10.1 Å². The fraction of sp³-hybridized carbons (Fsp3) is 0.143. The van der Waals surface area contributed by atoms with E-state index in [0.29, 0.717) is 0 Å². The van der Waals surface area contributed by atoms with E-state index < -0.39 is 0 Å². The highest BCUT2D eigenvalue weighted by Gasteiger charge is 2.00. The highest BCUT2D eigenvalue weighted by Crippen LogP contribution is 2.14. The Balaban J connectivity index is 2.03. The quantitative estimate of drug-likeness (QED) is 0.782. The van der Waals surface area contributed by atoms with Crippen molar-refractivity contribution in [1.29, 1.82) is 0 Å². The van der Waals surface area contributed by atoms with E-state index in [1.165, 1.54) is 11.6 Å². The minimum absolute atomic E-state index is 0.212. The maximum atomic E-state index is 13.2. The molecule has 0 bridgehead atoms. The summed E-state index contributed by atoms with van der Waals surface area (Å²) in [5.41, 5.74) is 7.88. The molecule has 0 saturated carbocycles. The van der Waals surface area contributed by atoms with Gasteiger partial charge in [-0.15, -0.1) is 0 Å². The van der Waals surface area contributed by atoms with Crippen molar-refractivity contribution >= 4 is 5.69 Å². The Morgan fingerprint density at radius 1 is 0.875 bits per heavy atom. The molecule has 0 saturated heterocycles. The second-order valence-electron chi connectivity index (χ2n) is 3.84. The van der Waals surface area contributed by atoms with Gasteiger partial charge < -0.3 is 5.73 Å². The van der Waals surface area contributed by atoms with Gasteiger partial charge in [0.2, 0.25) is 0 Å². The van der Waals surface area contributed by atoms with Crippen molar-refractivity contribution in [2.45, 2.75) is 12.8 Å². The maximum absolute atomic E-state index is 13.2. The Morgan fingerprint density at radius 3 is 2.25 bits per heavy atom. The zero-order chi connectivity index (χ0) is 11.4. The molecule has 0 unspecified atom stereocenters. The summed E-state index contributed by atoms with van der Waals surface area (Å²) >= 11 is 0. The third kappa shape index (κ3) is 2.60. The molecule has 0 heterocycles. The molecule has 0 aliphatic carbocycles. The molecule has 0 aliphatic heterocycles. The predicted molar refractivity (Wildman–Crippen MR) is 64.7 cm³/mol. The molecule has 2 heteroatoms. The summed E-state index contributed by atoms with van der Waals surface area (Å²) in [5.74, 6) is -0.328. The zero-order valence-corrected chi connectivity index (χ0v) is 8.99. The van der Waals surface area contributed by atoms with Crippen molar-refractivity contribution < 1.29 is 4.39 Å². The largest absolute Gasteiger partial charge is 0.396 e. The maximum Gasteiger partial charge on any atom is 0.146 e. The van der Waals surface area contributed by atoms with Crippen LogP contribution in [0.25, 0.3) is 0 Å². The van der Waals surface area contributed by atoms with Gasteiger partial charge in [-0.3, -0.25) is 0 Å². The van der Waals surface area contributed by atoms with Gasteiger partial charge in [-0.2, -0.15) is 0 Å². The Bertz CT molecular complexity index is 465. The van der Waals surface area contributed by atoms with Gasteiger partial charge in [-0.1, -0.05) is 36.4 Å². The van der Waals surface area contributed by atoms with Gasteiger partial charge in [0.05, 0.1) is 5.69 Å². The van der Waals surface area contributed by atoms with E-state index in [1.54, 1.807) is 6.07 Å². The lowest BCUT2D eigenvalue weighted by molar-refractivity contribution is 0.630. The molecule has 0 aliphatic rings. The summed E-state index contributed by atoms with van der Waals surface area (Å²) in [4.78, 5) is 0. The Hall–Kier alpha value is -1.83. The monoisotopic (exact) mass is 215 g/mol. The number of halogens is 1. The van der Waals surface area contributed by atoms with Crippen molar-refractivity contribution in [2.24, 2.45) is 0 Å². The number of anilines is 1. The molecule has 0 fully saturated rings. The number of rotatable bonds is 3. The standard InChI is InChI=1S/C14H14FN/c15-13-10-12(8-9-14(13)16)7-6-11-4-2-1-3-5-11/h1-5,8-10H,6-7,16H2. The fourth-order valence-electron chi connectivity index (χ4n) is 1.66. The van der Waals surface area contributed by atoms with Crippen LogP contribution in [0.1, 0.15) is 11.1 Å². The summed E-state index contributed by atoms with van der Waals surface area (Å²) in [6.45, 7) is 0. The molecule has 0 amide bonds. The van der Waals surface area contributed by atoms with Crippen LogP contribution in [0.15, 0.2) is 48.5 Å². The van der Waals surface area contributed by atoms with Gasteiger partial charge in [0, 0.05) is 0 Å². The summed E-state index contributed by atoms with van der Waals surface area (Å²) in [6.07, 6.45) is 1.76. The Morgan fingerprint density at radius 2 is 1.56 bits per heavy atom. The van der Waals surface area contributed by atoms with Crippen molar-refractivity contribution in [3.05, 3.63) is 65.5 Å². The lowest BCUT2D eigenvalue weighted by atomic mass is 10.0. The van der Waals surface area contributed by atoms with Crippen LogP contribution < -0.4 is 5.73 Å². The van der Waals surface area contributed by atoms with Gasteiger partial charge in [-0.05, 0) is 36.1 Å². The minimum atomic E-state index is -0.328. The number of aryl methyl sites for hydroxylation is 2. The second kappa shape index (κ2) is 4.79. The third-order valence-electron chi connectivity index (χ3n) is 2.61. The average Bonchev–Trinajstić information content (AvgIpc) is 2.32. The molecule has 0 aromatic heterocycles. The number of nitrogen functional groups attached to an aromatic ring is 1. The first-order valence-electron chi connectivity index (χ1n) is 5.33. The van der Waals surface area contributed by atoms with Gasteiger partial charge >= 0.3 is 0 Å². The van der Waals surface area contributed by atoms with E-state index in [0.717, 1.165) is 18.4 Å². The van der Waals surface area contributed by atoms with Crippen molar-refractivity contribution in [3.8, 4) is 0 Å². The summed E-state index contributed by atoms with van der Waals surface area (Å²) < 4.78 is 13.2.